The number of unbranched alkanes of at least 4 members (excludes halogenated alkanes) is 1. The lowest BCUT2D eigenvalue weighted by molar-refractivity contribution is -0.125. The monoisotopic (exact) mass is 668 g/mol. The molecule has 2 atom stereocenters. The summed E-state index contributed by atoms with van der Waals surface area (Å²) in [5.41, 5.74) is 4.90. The summed E-state index contributed by atoms with van der Waals surface area (Å²) in [6, 6.07) is 14.6. The Morgan fingerprint density at radius 3 is 2.48 bits per heavy atom. The Labute approximate surface area is 293 Å². The van der Waals surface area contributed by atoms with Crippen molar-refractivity contribution < 1.29 is 9.59 Å². The van der Waals surface area contributed by atoms with E-state index in [9.17, 15) is 9.59 Å². The number of allylic oxidation sites excluding steroid dienone is 5. The lowest BCUT2D eigenvalue weighted by Crippen LogP contribution is -2.46. The molecule has 0 bridgehead atoms. The van der Waals surface area contributed by atoms with Crippen molar-refractivity contribution in [2.24, 2.45) is 5.92 Å². The predicted molar refractivity (Wildman–Crippen MR) is 203 cm³/mol. The van der Waals surface area contributed by atoms with Gasteiger partial charge in [-0.1, -0.05) is 103 Å². The van der Waals surface area contributed by atoms with Gasteiger partial charge < -0.3 is 20.1 Å². The third-order valence-corrected chi connectivity index (χ3v) is 9.85. The summed E-state index contributed by atoms with van der Waals surface area (Å²) in [6.45, 7) is 16.0. The molecule has 2 amide bonds. The first-order valence-corrected chi connectivity index (χ1v) is 19.0. The fourth-order valence-electron chi connectivity index (χ4n) is 6.85. The molecule has 6 rings (SSSR count). The highest BCUT2D eigenvalue weighted by Gasteiger charge is 2.48. The zero-order chi connectivity index (χ0) is 34.5. The van der Waals surface area contributed by atoms with Crippen LogP contribution in [0.3, 0.4) is 0 Å². The van der Waals surface area contributed by atoms with E-state index in [-0.39, 0.29) is 17.9 Å². The van der Waals surface area contributed by atoms with Crippen molar-refractivity contribution in [2.75, 3.05) is 26.2 Å². The summed E-state index contributed by atoms with van der Waals surface area (Å²) in [5, 5.41) is 8.57. The molecule has 0 radical (unpaired) electrons. The van der Waals surface area contributed by atoms with Gasteiger partial charge in [-0.25, -0.2) is 0 Å². The smallest absolute Gasteiger partial charge is 0.263 e. The van der Waals surface area contributed by atoms with E-state index in [1.54, 1.807) is 0 Å². The average Bonchev–Trinajstić information content (AvgIpc) is 3.89. The number of carbonyl (C=O) groups is 2. The minimum absolute atomic E-state index is 0.00869. The lowest BCUT2D eigenvalue weighted by atomic mass is 9.72. The van der Waals surface area contributed by atoms with Gasteiger partial charge in [-0.3, -0.25) is 9.59 Å². The van der Waals surface area contributed by atoms with Gasteiger partial charge in [-0.05, 0) is 84.0 Å². The van der Waals surface area contributed by atoms with Crippen LogP contribution >= 0.6 is 11.3 Å². The first-order valence-electron chi connectivity index (χ1n) is 18.1. The average molecular weight is 669 g/mol. The third kappa shape index (κ3) is 8.48. The maximum Gasteiger partial charge on any atom is 0.263 e. The van der Waals surface area contributed by atoms with Crippen molar-refractivity contribution in [1.29, 1.82) is 0 Å². The maximum atomic E-state index is 14.1. The summed E-state index contributed by atoms with van der Waals surface area (Å²) in [4.78, 5) is 30.5. The van der Waals surface area contributed by atoms with E-state index in [0.717, 1.165) is 73.4 Å². The molecule has 1 aromatic carbocycles. The van der Waals surface area contributed by atoms with Gasteiger partial charge in [0.15, 0.2) is 0 Å². The molecule has 3 aliphatic rings. The van der Waals surface area contributed by atoms with Crippen molar-refractivity contribution in [3.63, 3.8) is 0 Å². The van der Waals surface area contributed by atoms with Crippen LogP contribution in [0.15, 0.2) is 90.1 Å². The molecule has 0 spiro atoms. The topological polar surface area (TPSA) is 66.4 Å². The fourth-order valence-corrected chi connectivity index (χ4v) is 7.64. The van der Waals surface area contributed by atoms with Crippen LogP contribution in [-0.2, 0) is 10.2 Å². The summed E-state index contributed by atoms with van der Waals surface area (Å²) in [5.74, 6) is 0.518. The van der Waals surface area contributed by atoms with E-state index < -0.39 is 5.41 Å². The van der Waals surface area contributed by atoms with E-state index in [0.29, 0.717) is 12.5 Å². The molecule has 258 valence electrons. The van der Waals surface area contributed by atoms with Crippen LogP contribution < -0.4 is 10.6 Å². The molecule has 1 saturated heterocycles. The number of rotatable bonds is 11. The quantitative estimate of drug-likeness (QED) is 0.201. The molecule has 2 aliphatic carbocycles. The van der Waals surface area contributed by atoms with Gasteiger partial charge in [0.05, 0.1) is 5.69 Å². The number of nitrogens with zero attached hydrogens (tertiary/aromatic N) is 2. The van der Waals surface area contributed by atoms with Crippen molar-refractivity contribution >= 4 is 28.7 Å². The first kappa shape index (κ1) is 37.1. The molecule has 48 heavy (non-hydrogen) atoms. The molecule has 0 saturated carbocycles. The van der Waals surface area contributed by atoms with Crippen LogP contribution in [0.4, 0.5) is 0 Å². The number of likely N-dealkylation sites (tertiary alicyclic amines) is 1. The molecule has 3 aromatic rings. The van der Waals surface area contributed by atoms with Gasteiger partial charge >= 0.3 is 0 Å². The number of hydrogen-bond donors (Lipinski definition) is 2. The largest absolute Gasteiger partial charge is 0.355 e. The SMILES string of the molecule is CC.CC(C)CNC(=O)C1(CCCCN2CCC(NC(=O)c3sccc3-n3cccc3)C2)C2=C(C=CCC=C2)c2ccccc21.CCC. The van der Waals surface area contributed by atoms with Crippen molar-refractivity contribution in [1.82, 2.24) is 20.1 Å². The van der Waals surface area contributed by atoms with Crippen LogP contribution in [0.5, 0.6) is 0 Å². The van der Waals surface area contributed by atoms with E-state index in [1.807, 2.05) is 54.4 Å². The number of nitrogens with one attached hydrogen (secondary N) is 2. The van der Waals surface area contributed by atoms with Crippen LogP contribution in [0, 0.1) is 5.92 Å². The minimum Gasteiger partial charge on any atom is -0.355 e. The Morgan fingerprint density at radius 1 is 1.00 bits per heavy atom. The highest BCUT2D eigenvalue weighted by atomic mass is 32.1. The summed E-state index contributed by atoms with van der Waals surface area (Å²) < 4.78 is 1.99. The van der Waals surface area contributed by atoms with Gasteiger partial charge in [-0.15, -0.1) is 11.3 Å². The zero-order valence-electron chi connectivity index (χ0n) is 29.9. The molecule has 2 aromatic heterocycles. The molecule has 6 nitrogen and oxygen atoms in total. The van der Waals surface area contributed by atoms with Gasteiger partial charge in [-0.2, -0.15) is 0 Å². The molecule has 2 N–H and O–H groups in total. The standard InChI is InChI=1S/C36H42N4O2S.C3H8.C2H6/c1-26(2)24-37-35(42)36(30-14-5-3-4-12-28(30)29-13-6-7-15-31(29)36)18-8-9-19-39-22-16-27(25-39)38-34(41)33-32(17-23-43-33)40-20-10-11-21-40;1-3-2;1-2/h4-7,10-15,17,20-21,23,26-27H,3,8-9,16,18-19,22,24-25H2,1-2H3,(H,37,42)(H,38,41);3H2,1-2H3;1-2H3. The maximum absolute atomic E-state index is 14.1. The molecular formula is C41H56N4O2S. The van der Waals surface area contributed by atoms with Crippen LogP contribution in [0.2, 0.25) is 0 Å². The Morgan fingerprint density at radius 2 is 1.73 bits per heavy atom. The molecule has 1 fully saturated rings. The Hall–Kier alpha value is -3.68. The molecule has 2 unspecified atom stereocenters. The Bertz CT molecular complexity index is 1560. The number of hydrogen-bond acceptors (Lipinski definition) is 4. The summed E-state index contributed by atoms with van der Waals surface area (Å²) in [6.07, 6.45) is 18.6. The van der Waals surface area contributed by atoms with E-state index >= 15 is 0 Å². The van der Waals surface area contributed by atoms with Gasteiger partial charge in [0.1, 0.15) is 10.3 Å². The number of aromatic nitrogens is 1. The van der Waals surface area contributed by atoms with Crippen LogP contribution in [-0.4, -0.2) is 53.5 Å². The second kappa shape index (κ2) is 18.2. The normalized spacial score (nSPS) is 19.5. The Balaban J connectivity index is 0.000000986. The number of amides is 2. The van der Waals surface area contributed by atoms with E-state index in [4.69, 9.17) is 0 Å². The highest BCUT2D eigenvalue weighted by Crippen LogP contribution is 2.51. The number of thiophene rings is 1. The first-order chi connectivity index (χ1) is 23.4. The van der Waals surface area contributed by atoms with Gasteiger partial charge in [0.25, 0.3) is 5.91 Å². The van der Waals surface area contributed by atoms with Crippen molar-refractivity contribution in [3.05, 3.63) is 106 Å². The molecule has 7 heteroatoms. The number of carbonyl (C=O) groups excluding carboxylic acids is 2. The third-order valence-electron chi connectivity index (χ3n) is 8.94. The van der Waals surface area contributed by atoms with E-state index in [2.05, 4.69) is 91.8 Å². The second-order valence-corrected chi connectivity index (χ2v) is 14.0. The summed E-state index contributed by atoms with van der Waals surface area (Å²) >= 11 is 1.49. The summed E-state index contributed by atoms with van der Waals surface area (Å²) in [7, 11) is 0. The molecule has 3 heterocycles. The lowest BCUT2D eigenvalue weighted by Gasteiger charge is -2.32. The highest BCUT2D eigenvalue weighted by molar-refractivity contribution is 7.12. The zero-order valence-corrected chi connectivity index (χ0v) is 30.7. The second-order valence-electron chi connectivity index (χ2n) is 13.1. The van der Waals surface area contributed by atoms with Gasteiger partial charge in [0.2, 0.25) is 5.91 Å². The van der Waals surface area contributed by atoms with E-state index in [1.165, 1.54) is 28.9 Å². The van der Waals surface area contributed by atoms with Crippen LogP contribution in [0.1, 0.15) is 101 Å². The molecule has 1 aliphatic heterocycles. The van der Waals surface area contributed by atoms with Crippen molar-refractivity contribution in [3.8, 4) is 5.69 Å². The van der Waals surface area contributed by atoms with Crippen molar-refractivity contribution in [2.45, 2.75) is 91.5 Å². The fraction of sp³-hybridized carbons (Fsp3) is 0.463. The number of benzene rings is 1. The Kier molecular flexibility index (Phi) is 14.1. The minimum atomic E-state index is -0.675. The predicted octanol–water partition coefficient (Wildman–Crippen LogP) is 8.95. The number of fused-ring (bicyclic) bond motifs is 2. The van der Waals surface area contributed by atoms with Gasteiger partial charge in [0, 0.05) is 38.1 Å². The van der Waals surface area contributed by atoms with Crippen LogP contribution in [0.25, 0.3) is 11.3 Å². The molecular weight excluding hydrogens is 613 g/mol.